The minimum atomic E-state index is -3.38. The minimum absolute atomic E-state index is 0.00807. The first kappa shape index (κ1) is 17.1. The predicted octanol–water partition coefficient (Wildman–Crippen LogP) is 1.27. The zero-order chi connectivity index (χ0) is 16.2. The number of nitrogens with zero attached hydrogens (tertiary/aromatic N) is 1. The average Bonchev–Trinajstić information content (AvgIpc) is 2.53. The molecule has 2 rings (SSSR count). The molecule has 22 heavy (non-hydrogen) atoms. The second-order valence-corrected chi connectivity index (χ2v) is 7.91. The van der Waals surface area contributed by atoms with E-state index in [0.29, 0.717) is 18.5 Å². The van der Waals surface area contributed by atoms with E-state index in [-0.39, 0.29) is 16.4 Å². The van der Waals surface area contributed by atoms with Gasteiger partial charge >= 0.3 is 0 Å². The number of Topliss-reactive ketones (excluding diaryl/α,β-unsaturated/α-hetero) is 1. The van der Waals surface area contributed by atoms with Crippen molar-refractivity contribution in [3.05, 3.63) is 29.3 Å². The van der Waals surface area contributed by atoms with E-state index in [9.17, 15) is 13.2 Å². The molecule has 0 aromatic heterocycles. The van der Waals surface area contributed by atoms with Gasteiger partial charge in [-0.2, -0.15) is 0 Å². The molecule has 0 unspecified atom stereocenters. The van der Waals surface area contributed by atoms with Crippen LogP contribution in [0.4, 0.5) is 0 Å². The third-order valence-electron chi connectivity index (χ3n) is 4.02. The largest absolute Gasteiger partial charge is 0.314 e. The quantitative estimate of drug-likeness (QED) is 0.798. The number of nitrogens with one attached hydrogen (secondary N) is 1. The molecule has 1 heterocycles. The lowest BCUT2D eigenvalue weighted by Gasteiger charge is -2.26. The first-order valence-electron chi connectivity index (χ1n) is 7.73. The van der Waals surface area contributed by atoms with Crippen molar-refractivity contribution in [2.24, 2.45) is 0 Å². The van der Waals surface area contributed by atoms with Crippen LogP contribution in [0.5, 0.6) is 0 Å². The van der Waals surface area contributed by atoms with Crippen LogP contribution in [-0.4, -0.2) is 57.6 Å². The average molecular weight is 324 g/mol. The molecular weight excluding hydrogens is 300 g/mol. The Labute approximate surface area is 132 Å². The SMILES string of the molecule is CCS(=O)(=O)c1ccc(C)cc1C(=O)CCN1CCNCC1. The predicted molar refractivity (Wildman–Crippen MR) is 87.2 cm³/mol. The van der Waals surface area contributed by atoms with Crippen molar-refractivity contribution >= 4 is 15.6 Å². The van der Waals surface area contributed by atoms with Crippen LogP contribution in [0, 0.1) is 6.92 Å². The van der Waals surface area contributed by atoms with Crippen LogP contribution in [0.25, 0.3) is 0 Å². The van der Waals surface area contributed by atoms with Gasteiger partial charge in [0, 0.05) is 44.7 Å². The van der Waals surface area contributed by atoms with Gasteiger partial charge < -0.3 is 10.2 Å². The van der Waals surface area contributed by atoms with Gasteiger partial charge in [-0.3, -0.25) is 4.79 Å². The van der Waals surface area contributed by atoms with Gasteiger partial charge in [0.2, 0.25) is 0 Å². The summed E-state index contributed by atoms with van der Waals surface area (Å²) in [6.07, 6.45) is 0.357. The molecule has 1 saturated heterocycles. The highest BCUT2D eigenvalue weighted by Gasteiger charge is 2.21. The highest BCUT2D eigenvalue weighted by molar-refractivity contribution is 7.91. The number of rotatable bonds is 6. The highest BCUT2D eigenvalue weighted by Crippen LogP contribution is 2.20. The maximum Gasteiger partial charge on any atom is 0.178 e. The van der Waals surface area contributed by atoms with E-state index in [4.69, 9.17) is 0 Å². The Morgan fingerprint density at radius 2 is 1.95 bits per heavy atom. The van der Waals surface area contributed by atoms with E-state index >= 15 is 0 Å². The summed E-state index contributed by atoms with van der Waals surface area (Å²) in [5.74, 6) is -0.0806. The molecule has 1 aromatic rings. The Balaban J connectivity index is 2.16. The summed E-state index contributed by atoms with van der Waals surface area (Å²) >= 11 is 0. The third-order valence-corrected chi connectivity index (χ3v) is 5.80. The Hall–Kier alpha value is -1.24. The number of sulfone groups is 1. The molecule has 0 saturated carbocycles. The number of hydrogen-bond acceptors (Lipinski definition) is 5. The van der Waals surface area contributed by atoms with Crippen molar-refractivity contribution in [1.29, 1.82) is 0 Å². The Bertz CT molecular complexity index is 635. The summed E-state index contributed by atoms with van der Waals surface area (Å²) in [6, 6.07) is 5.00. The summed E-state index contributed by atoms with van der Waals surface area (Å²) in [5.41, 5.74) is 1.25. The van der Waals surface area contributed by atoms with Crippen LogP contribution in [0.1, 0.15) is 29.3 Å². The first-order valence-corrected chi connectivity index (χ1v) is 9.39. The van der Waals surface area contributed by atoms with E-state index in [1.807, 2.05) is 6.92 Å². The smallest absolute Gasteiger partial charge is 0.178 e. The zero-order valence-corrected chi connectivity index (χ0v) is 14.1. The molecular formula is C16H24N2O3S. The Kier molecular flexibility index (Phi) is 5.72. The first-order chi connectivity index (χ1) is 10.4. The normalized spacial score (nSPS) is 16.6. The second-order valence-electron chi connectivity index (χ2n) is 5.67. The van der Waals surface area contributed by atoms with E-state index in [1.54, 1.807) is 25.1 Å². The van der Waals surface area contributed by atoms with Crippen molar-refractivity contribution < 1.29 is 13.2 Å². The molecule has 1 fully saturated rings. The number of ketones is 1. The minimum Gasteiger partial charge on any atom is -0.314 e. The van der Waals surface area contributed by atoms with E-state index in [1.165, 1.54) is 0 Å². The molecule has 1 aromatic carbocycles. The van der Waals surface area contributed by atoms with Gasteiger partial charge in [-0.05, 0) is 19.1 Å². The fourth-order valence-electron chi connectivity index (χ4n) is 2.62. The number of carbonyl (C=O) groups is 1. The molecule has 0 atom stereocenters. The van der Waals surface area contributed by atoms with E-state index < -0.39 is 9.84 Å². The summed E-state index contributed by atoms with van der Waals surface area (Å²) < 4.78 is 24.3. The van der Waals surface area contributed by atoms with Gasteiger partial charge in [-0.1, -0.05) is 18.6 Å². The van der Waals surface area contributed by atoms with E-state index in [2.05, 4.69) is 10.2 Å². The Morgan fingerprint density at radius 3 is 2.59 bits per heavy atom. The van der Waals surface area contributed by atoms with Crippen molar-refractivity contribution in [3.63, 3.8) is 0 Å². The van der Waals surface area contributed by atoms with Gasteiger partial charge in [0.1, 0.15) is 0 Å². The van der Waals surface area contributed by atoms with Crippen LogP contribution >= 0.6 is 0 Å². The lowest BCUT2D eigenvalue weighted by molar-refractivity contribution is 0.0957. The molecule has 6 heteroatoms. The topological polar surface area (TPSA) is 66.5 Å². The second kappa shape index (κ2) is 7.35. The molecule has 5 nitrogen and oxygen atoms in total. The van der Waals surface area contributed by atoms with Crippen molar-refractivity contribution in [2.45, 2.75) is 25.2 Å². The molecule has 0 aliphatic carbocycles. The maximum atomic E-state index is 12.5. The van der Waals surface area contributed by atoms with Gasteiger partial charge in [-0.25, -0.2) is 8.42 Å². The highest BCUT2D eigenvalue weighted by atomic mass is 32.2. The molecule has 0 amide bonds. The summed E-state index contributed by atoms with van der Waals surface area (Å²) in [7, 11) is -3.38. The zero-order valence-electron chi connectivity index (χ0n) is 13.3. The maximum absolute atomic E-state index is 12.5. The van der Waals surface area contributed by atoms with Gasteiger partial charge in [-0.15, -0.1) is 0 Å². The van der Waals surface area contributed by atoms with Crippen LogP contribution in [0.3, 0.4) is 0 Å². The fraction of sp³-hybridized carbons (Fsp3) is 0.562. The standard InChI is InChI=1S/C16H24N2O3S/c1-3-22(20,21)16-5-4-13(2)12-14(16)15(19)6-9-18-10-7-17-8-11-18/h4-5,12,17H,3,6-11H2,1-2H3. The number of piperazine rings is 1. The van der Waals surface area contributed by atoms with E-state index in [0.717, 1.165) is 31.7 Å². The lowest BCUT2D eigenvalue weighted by atomic mass is 10.1. The van der Waals surface area contributed by atoms with Crippen LogP contribution in [-0.2, 0) is 9.84 Å². The number of carbonyl (C=O) groups excluding carboxylic acids is 1. The molecule has 1 aliphatic rings. The molecule has 0 spiro atoms. The van der Waals surface area contributed by atoms with Crippen LogP contribution in [0.15, 0.2) is 23.1 Å². The van der Waals surface area contributed by atoms with Gasteiger partial charge in [0.15, 0.2) is 15.6 Å². The molecule has 0 bridgehead atoms. The summed E-state index contributed by atoms with van der Waals surface area (Å²) in [5, 5.41) is 3.27. The van der Waals surface area contributed by atoms with Crippen LogP contribution < -0.4 is 5.32 Å². The third kappa shape index (κ3) is 4.15. The van der Waals surface area contributed by atoms with Crippen molar-refractivity contribution in [2.75, 3.05) is 38.5 Å². The van der Waals surface area contributed by atoms with Gasteiger partial charge in [0.25, 0.3) is 0 Å². The monoisotopic (exact) mass is 324 g/mol. The lowest BCUT2D eigenvalue weighted by Crippen LogP contribution is -2.44. The number of hydrogen-bond donors (Lipinski definition) is 1. The fourth-order valence-corrected chi connectivity index (χ4v) is 3.71. The summed E-state index contributed by atoms with van der Waals surface area (Å²) in [6.45, 7) is 7.89. The summed E-state index contributed by atoms with van der Waals surface area (Å²) in [4.78, 5) is 14.9. The van der Waals surface area contributed by atoms with Gasteiger partial charge in [0.05, 0.1) is 10.6 Å². The molecule has 122 valence electrons. The molecule has 0 radical (unpaired) electrons. The van der Waals surface area contributed by atoms with Crippen molar-refractivity contribution in [1.82, 2.24) is 10.2 Å². The molecule has 1 aliphatic heterocycles. The number of benzene rings is 1. The number of aryl methyl sites for hydroxylation is 1. The van der Waals surface area contributed by atoms with Crippen molar-refractivity contribution in [3.8, 4) is 0 Å². The Morgan fingerprint density at radius 1 is 1.27 bits per heavy atom. The molecule has 1 N–H and O–H groups in total. The van der Waals surface area contributed by atoms with Crippen LogP contribution in [0.2, 0.25) is 0 Å².